The zero-order valence-corrected chi connectivity index (χ0v) is 13.4. The number of nitrogens with zero attached hydrogens (tertiary/aromatic N) is 2. The summed E-state index contributed by atoms with van der Waals surface area (Å²) in [4.78, 5) is 9.87. The maximum absolute atomic E-state index is 4.44. The van der Waals surface area contributed by atoms with E-state index in [1.54, 1.807) is 17.7 Å². The molecule has 2 aromatic heterocycles. The van der Waals surface area contributed by atoms with Crippen LogP contribution in [0.3, 0.4) is 0 Å². The molecule has 3 rings (SSSR count). The summed E-state index contributed by atoms with van der Waals surface area (Å²) in [5.41, 5.74) is 3.70. The van der Waals surface area contributed by atoms with E-state index in [9.17, 15) is 0 Å². The Morgan fingerprint density at radius 1 is 1.14 bits per heavy atom. The second kappa shape index (κ2) is 5.82. The smallest absolute Gasteiger partial charge is 0.138 e. The Morgan fingerprint density at radius 2 is 1.90 bits per heavy atom. The lowest BCUT2D eigenvalue weighted by molar-refractivity contribution is 0.687. The van der Waals surface area contributed by atoms with Gasteiger partial charge in [-0.05, 0) is 18.4 Å². The maximum atomic E-state index is 4.44. The van der Waals surface area contributed by atoms with Gasteiger partial charge in [-0.2, -0.15) is 0 Å². The monoisotopic (exact) mass is 297 g/mol. The third kappa shape index (κ3) is 2.90. The molecule has 0 atom stereocenters. The number of benzene rings is 1. The van der Waals surface area contributed by atoms with Gasteiger partial charge in [0.25, 0.3) is 0 Å². The number of fused-ring (bicyclic) bond motifs is 1. The molecule has 0 amide bonds. The van der Waals surface area contributed by atoms with Crippen LogP contribution < -0.4 is 5.32 Å². The molecule has 0 saturated carbocycles. The highest BCUT2D eigenvalue weighted by Gasteiger charge is 2.13. The van der Waals surface area contributed by atoms with Crippen molar-refractivity contribution in [2.75, 3.05) is 11.9 Å². The molecule has 1 N–H and O–H groups in total. The molecular weight excluding hydrogens is 278 g/mol. The average Bonchev–Trinajstić information content (AvgIpc) is 2.90. The van der Waals surface area contributed by atoms with Crippen LogP contribution in [0.2, 0.25) is 0 Å². The summed E-state index contributed by atoms with van der Waals surface area (Å²) in [5, 5.41) is 6.75. The SMILES string of the molecule is Cc1ccc(-c2csc3ncnc(NCC(C)C)c23)cc1. The van der Waals surface area contributed by atoms with Gasteiger partial charge in [-0.25, -0.2) is 9.97 Å². The Balaban J connectivity index is 2.08. The van der Waals surface area contributed by atoms with E-state index in [0.717, 1.165) is 22.6 Å². The van der Waals surface area contributed by atoms with E-state index < -0.39 is 0 Å². The largest absolute Gasteiger partial charge is 0.369 e. The van der Waals surface area contributed by atoms with Gasteiger partial charge in [0.15, 0.2) is 0 Å². The van der Waals surface area contributed by atoms with Gasteiger partial charge in [0, 0.05) is 17.5 Å². The van der Waals surface area contributed by atoms with Crippen LogP contribution in [0.4, 0.5) is 5.82 Å². The molecule has 0 saturated heterocycles. The predicted octanol–water partition coefficient (Wildman–Crippen LogP) is 4.73. The summed E-state index contributed by atoms with van der Waals surface area (Å²) < 4.78 is 0. The zero-order valence-electron chi connectivity index (χ0n) is 12.6. The quantitative estimate of drug-likeness (QED) is 0.756. The number of hydrogen-bond acceptors (Lipinski definition) is 4. The number of thiophene rings is 1. The van der Waals surface area contributed by atoms with Gasteiger partial charge in [0.05, 0.1) is 5.39 Å². The molecule has 21 heavy (non-hydrogen) atoms. The van der Waals surface area contributed by atoms with Gasteiger partial charge in [-0.15, -0.1) is 11.3 Å². The van der Waals surface area contributed by atoms with E-state index in [2.05, 4.69) is 65.7 Å². The summed E-state index contributed by atoms with van der Waals surface area (Å²) in [5.74, 6) is 1.52. The van der Waals surface area contributed by atoms with E-state index in [-0.39, 0.29) is 0 Å². The number of nitrogens with one attached hydrogen (secondary N) is 1. The van der Waals surface area contributed by atoms with E-state index in [1.807, 2.05) is 0 Å². The molecule has 0 unspecified atom stereocenters. The first kappa shape index (κ1) is 14.0. The molecule has 0 bridgehead atoms. The Morgan fingerprint density at radius 3 is 2.62 bits per heavy atom. The number of aryl methyl sites for hydroxylation is 1. The lowest BCUT2D eigenvalue weighted by Gasteiger charge is -2.10. The molecule has 2 heterocycles. The maximum Gasteiger partial charge on any atom is 0.138 e. The summed E-state index contributed by atoms with van der Waals surface area (Å²) in [6.07, 6.45) is 1.64. The number of aromatic nitrogens is 2. The molecule has 4 heteroatoms. The second-order valence-electron chi connectivity index (χ2n) is 5.69. The minimum Gasteiger partial charge on any atom is -0.369 e. The molecule has 3 aromatic rings. The standard InChI is InChI=1S/C17H19N3S/c1-11(2)8-18-16-15-14(9-21-17(15)20-10-19-16)13-6-4-12(3)5-7-13/h4-7,9-11H,8H2,1-3H3,(H,18,19,20). The fraction of sp³-hybridized carbons (Fsp3) is 0.294. The third-order valence-electron chi connectivity index (χ3n) is 3.41. The Kier molecular flexibility index (Phi) is 3.88. The molecule has 108 valence electrons. The van der Waals surface area contributed by atoms with Crippen LogP contribution in [0.15, 0.2) is 36.0 Å². The van der Waals surface area contributed by atoms with Crippen LogP contribution in [-0.2, 0) is 0 Å². The molecule has 0 fully saturated rings. The molecular formula is C17H19N3S. The Hall–Kier alpha value is -1.94. The first-order valence-corrected chi connectivity index (χ1v) is 8.06. The lowest BCUT2D eigenvalue weighted by atomic mass is 10.0. The van der Waals surface area contributed by atoms with Gasteiger partial charge in [-0.3, -0.25) is 0 Å². The van der Waals surface area contributed by atoms with Crippen LogP contribution in [-0.4, -0.2) is 16.5 Å². The van der Waals surface area contributed by atoms with Crippen LogP contribution in [0, 0.1) is 12.8 Å². The fourth-order valence-electron chi connectivity index (χ4n) is 2.26. The normalized spacial score (nSPS) is 11.2. The number of hydrogen-bond donors (Lipinski definition) is 1. The highest BCUT2D eigenvalue weighted by atomic mass is 32.1. The van der Waals surface area contributed by atoms with Crippen molar-refractivity contribution in [3.63, 3.8) is 0 Å². The van der Waals surface area contributed by atoms with Crippen molar-refractivity contribution in [3.8, 4) is 11.1 Å². The first-order chi connectivity index (χ1) is 10.1. The summed E-state index contributed by atoms with van der Waals surface area (Å²) >= 11 is 1.67. The Labute approximate surface area is 129 Å². The Bertz CT molecular complexity index is 744. The van der Waals surface area contributed by atoms with Crippen LogP contribution >= 0.6 is 11.3 Å². The zero-order chi connectivity index (χ0) is 14.8. The van der Waals surface area contributed by atoms with Gasteiger partial charge >= 0.3 is 0 Å². The van der Waals surface area contributed by atoms with E-state index >= 15 is 0 Å². The second-order valence-corrected chi connectivity index (χ2v) is 6.55. The van der Waals surface area contributed by atoms with Crippen molar-refractivity contribution in [2.45, 2.75) is 20.8 Å². The van der Waals surface area contributed by atoms with E-state index in [0.29, 0.717) is 5.92 Å². The van der Waals surface area contributed by atoms with Crippen molar-refractivity contribution >= 4 is 27.4 Å². The summed E-state index contributed by atoms with van der Waals surface area (Å²) in [6, 6.07) is 8.61. The van der Waals surface area contributed by atoms with Gasteiger partial charge in [0.1, 0.15) is 17.0 Å². The van der Waals surface area contributed by atoms with E-state index in [4.69, 9.17) is 0 Å². The topological polar surface area (TPSA) is 37.8 Å². The highest BCUT2D eigenvalue weighted by molar-refractivity contribution is 7.17. The third-order valence-corrected chi connectivity index (χ3v) is 4.30. The van der Waals surface area contributed by atoms with Gasteiger partial charge in [0.2, 0.25) is 0 Å². The number of anilines is 1. The van der Waals surface area contributed by atoms with Crippen molar-refractivity contribution < 1.29 is 0 Å². The predicted molar refractivity (Wildman–Crippen MR) is 90.9 cm³/mol. The lowest BCUT2D eigenvalue weighted by Crippen LogP contribution is -2.09. The molecule has 1 aromatic carbocycles. The summed E-state index contributed by atoms with van der Waals surface area (Å²) in [6.45, 7) is 7.41. The number of rotatable bonds is 4. The molecule has 0 spiro atoms. The molecule has 0 aliphatic rings. The first-order valence-electron chi connectivity index (χ1n) is 7.18. The fourth-order valence-corrected chi connectivity index (χ4v) is 3.17. The van der Waals surface area contributed by atoms with Gasteiger partial charge < -0.3 is 5.32 Å². The molecule has 0 aliphatic carbocycles. The minimum atomic E-state index is 0.580. The van der Waals surface area contributed by atoms with Crippen molar-refractivity contribution in [1.82, 2.24) is 9.97 Å². The van der Waals surface area contributed by atoms with Crippen molar-refractivity contribution in [3.05, 3.63) is 41.5 Å². The van der Waals surface area contributed by atoms with E-state index in [1.165, 1.54) is 16.7 Å². The van der Waals surface area contributed by atoms with Crippen molar-refractivity contribution in [1.29, 1.82) is 0 Å². The highest BCUT2D eigenvalue weighted by Crippen LogP contribution is 2.36. The van der Waals surface area contributed by atoms with Crippen molar-refractivity contribution in [2.24, 2.45) is 5.92 Å². The molecule has 3 nitrogen and oxygen atoms in total. The minimum absolute atomic E-state index is 0.580. The van der Waals surface area contributed by atoms with Crippen LogP contribution in [0.25, 0.3) is 21.3 Å². The summed E-state index contributed by atoms with van der Waals surface area (Å²) in [7, 11) is 0. The average molecular weight is 297 g/mol. The molecule has 0 radical (unpaired) electrons. The van der Waals surface area contributed by atoms with Crippen LogP contribution in [0.1, 0.15) is 19.4 Å². The van der Waals surface area contributed by atoms with Gasteiger partial charge in [-0.1, -0.05) is 43.7 Å². The molecule has 0 aliphatic heterocycles. The van der Waals surface area contributed by atoms with Crippen LogP contribution in [0.5, 0.6) is 0 Å².